The van der Waals surface area contributed by atoms with Crippen LogP contribution in [0.2, 0.25) is 5.02 Å². The number of hydrogen-bond donors (Lipinski definition) is 2. The second-order valence-corrected chi connectivity index (χ2v) is 10.7. The van der Waals surface area contributed by atoms with Gasteiger partial charge in [-0.25, -0.2) is 4.79 Å². The highest BCUT2D eigenvalue weighted by Gasteiger charge is 2.42. The Morgan fingerprint density at radius 1 is 1.10 bits per heavy atom. The normalized spacial score (nSPS) is 16.6. The number of rotatable bonds is 9. The van der Waals surface area contributed by atoms with Crippen LogP contribution in [-0.2, 0) is 4.74 Å². The zero-order valence-corrected chi connectivity index (χ0v) is 24.8. The van der Waals surface area contributed by atoms with Crippen LogP contribution in [0.25, 0.3) is 5.69 Å². The van der Waals surface area contributed by atoms with Gasteiger partial charge in [0.15, 0.2) is 5.11 Å². The van der Waals surface area contributed by atoms with E-state index in [0.717, 1.165) is 39.6 Å². The summed E-state index contributed by atoms with van der Waals surface area (Å²) in [4.78, 5) is 18.5. The van der Waals surface area contributed by atoms with E-state index in [9.17, 15) is 9.90 Å². The summed E-state index contributed by atoms with van der Waals surface area (Å²) in [6, 6.07) is 18.3. The number of anilines is 1. The van der Waals surface area contributed by atoms with Crippen molar-refractivity contribution >= 4 is 40.6 Å². The quantitative estimate of drug-likeness (QED) is 0.172. The largest absolute Gasteiger partial charge is 0.490 e. The summed E-state index contributed by atoms with van der Waals surface area (Å²) >= 11 is 12.6. The number of ether oxygens (including phenoxy) is 2. The molecule has 0 radical (unpaired) electrons. The highest BCUT2D eigenvalue weighted by Crippen LogP contribution is 2.45. The summed E-state index contributed by atoms with van der Waals surface area (Å²) in [5.74, 6) is -0.400. The zero-order valence-electron chi connectivity index (χ0n) is 23.2. The van der Waals surface area contributed by atoms with Crippen LogP contribution in [0, 0.1) is 20.8 Å². The summed E-state index contributed by atoms with van der Waals surface area (Å²) in [5, 5.41) is 14.1. The van der Waals surface area contributed by atoms with Crippen molar-refractivity contribution in [1.29, 1.82) is 0 Å². The van der Waals surface area contributed by atoms with Gasteiger partial charge in [-0.15, -0.1) is 0 Å². The molecule has 8 nitrogen and oxygen atoms in total. The van der Waals surface area contributed by atoms with E-state index in [2.05, 4.69) is 25.8 Å². The molecular weight excluding hydrogens is 560 g/mol. The first-order valence-corrected chi connectivity index (χ1v) is 13.9. The fourth-order valence-electron chi connectivity index (χ4n) is 5.38. The number of nitrogens with zero attached hydrogens (tertiary/aromatic N) is 3. The highest BCUT2D eigenvalue weighted by molar-refractivity contribution is 7.80. The van der Waals surface area contributed by atoms with Crippen molar-refractivity contribution in [1.82, 2.24) is 14.9 Å². The third-order valence-electron chi connectivity index (χ3n) is 7.32. The lowest BCUT2D eigenvalue weighted by molar-refractivity contribution is 0.0697. The standard InChI is InChI=1S/C31H31ClN4O4S/c1-18-8-9-21(30(37)38)16-26(18)35-19(2)15-23(20(35)3)29-28(25-7-5-6-12-33-25)34-31(41)36(29)22-10-11-27(24(32)17-22)40-14-13-39-4/h5-12,15-17,28-29H,13-14H2,1-4H3,(H,34,41)(H,37,38)/t28-,29+/m0/s1. The zero-order chi connectivity index (χ0) is 29.3. The lowest BCUT2D eigenvalue weighted by Crippen LogP contribution is -2.29. The molecule has 0 amide bonds. The maximum absolute atomic E-state index is 11.8. The van der Waals surface area contributed by atoms with Crippen LogP contribution in [0.1, 0.15) is 50.7 Å². The number of hydrogen-bond acceptors (Lipinski definition) is 5. The van der Waals surface area contributed by atoms with Crippen molar-refractivity contribution in [3.63, 3.8) is 0 Å². The number of halogens is 1. The summed E-state index contributed by atoms with van der Waals surface area (Å²) in [6.45, 7) is 6.89. The minimum atomic E-state index is -0.966. The number of carboxylic acids is 1. The molecule has 0 saturated carbocycles. The van der Waals surface area contributed by atoms with Crippen molar-refractivity contribution in [2.24, 2.45) is 0 Å². The Labute approximate surface area is 249 Å². The van der Waals surface area contributed by atoms with E-state index < -0.39 is 5.97 Å². The maximum Gasteiger partial charge on any atom is 0.335 e. The number of aromatic nitrogens is 2. The number of nitrogens with one attached hydrogen (secondary N) is 1. The van der Waals surface area contributed by atoms with Crippen molar-refractivity contribution in [3.8, 4) is 11.4 Å². The summed E-state index contributed by atoms with van der Waals surface area (Å²) < 4.78 is 13.0. The average molecular weight is 591 g/mol. The van der Waals surface area contributed by atoms with Gasteiger partial charge in [0.25, 0.3) is 0 Å². The van der Waals surface area contributed by atoms with Gasteiger partial charge in [0.05, 0.1) is 35.0 Å². The summed E-state index contributed by atoms with van der Waals surface area (Å²) in [6.07, 6.45) is 1.77. The Hall–Kier alpha value is -3.92. The summed E-state index contributed by atoms with van der Waals surface area (Å²) in [5.41, 5.74) is 6.66. The van der Waals surface area contributed by atoms with E-state index in [4.69, 9.17) is 33.3 Å². The molecule has 4 aromatic rings. The molecule has 212 valence electrons. The summed E-state index contributed by atoms with van der Waals surface area (Å²) in [7, 11) is 1.62. The smallest absolute Gasteiger partial charge is 0.335 e. The lowest BCUT2D eigenvalue weighted by atomic mass is 9.96. The highest BCUT2D eigenvalue weighted by atomic mass is 35.5. The monoisotopic (exact) mass is 590 g/mol. The second kappa shape index (κ2) is 11.9. The predicted octanol–water partition coefficient (Wildman–Crippen LogP) is 6.35. The Balaban J connectivity index is 1.63. The van der Waals surface area contributed by atoms with Gasteiger partial charge in [-0.2, -0.15) is 0 Å². The molecule has 0 spiro atoms. The Morgan fingerprint density at radius 2 is 1.90 bits per heavy atom. The molecule has 5 rings (SSSR count). The van der Waals surface area contributed by atoms with E-state index >= 15 is 0 Å². The van der Waals surface area contributed by atoms with E-state index in [1.807, 2.05) is 63.2 Å². The number of carbonyl (C=O) groups is 1. The third kappa shape index (κ3) is 5.53. The van der Waals surface area contributed by atoms with Crippen LogP contribution in [-0.4, -0.2) is 46.1 Å². The van der Waals surface area contributed by atoms with E-state index in [1.54, 1.807) is 25.4 Å². The molecule has 41 heavy (non-hydrogen) atoms. The molecule has 3 heterocycles. The Morgan fingerprint density at radius 3 is 2.59 bits per heavy atom. The van der Waals surface area contributed by atoms with Crippen molar-refractivity contribution < 1.29 is 19.4 Å². The number of aryl methyl sites for hydroxylation is 2. The first kappa shape index (κ1) is 28.6. The molecule has 10 heteroatoms. The second-order valence-electron chi connectivity index (χ2n) is 9.92. The minimum absolute atomic E-state index is 0.235. The van der Waals surface area contributed by atoms with Gasteiger partial charge in [0.2, 0.25) is 0 Å². The van der Waals surface area contributed by atoms with E-state index in [-0.39, 0.29) is 17.6 Å². The molecule has 2 aromatic carbocycles. The molecule has 0 bridgehead atoms. The maximum atomic E-state index is 11.8. The fourth-order valence-corrected chi connectivity index (χ4v) is 5.96. The van der Waals surface area contributed by atoms with Crippen LogP contribution in [0.4, 0.5) is 5.69 Å². The number of methoxy groups -OCH3 is 1. The van der Waals surface area contributed by atoms with Crippen LogP contribution >= 0.6 is 23.8 Å². The Kier molecular flexibility index (Phi) is 8.30. The molecule has 1 aliphatic rings. The van der Waals surface area contributed by atoms with Crippen LogP contribution < -0.4 is 15.0 Å². The van der Waals surface area contributed by atoms with Crippen molar-refractivity contribution in [3.05, 3.63) is 106 Å². The predicted molar refractivity (Wildman–Crippen MR) is 164 cm³/mol. The lowest BCUT2D eigenvalue weighted by Gasteiger charge is -2.28. The van der Waals surface area contributed by atoms with E-state index in [0.29, 0.717) is 29.1 Å². The van der Waals surface area contributed by atoms with E-state index in [1.165, 1.54) is 0 Å². The average Bonchev–Trinajstić information content (AvgIpc) is 3.45. The third-order valence-corrected chi connectivity index (χ3v) is 7.93. The van der Waals surface area contributed by atoms with Gasteiger partial charge in [-0.05, 0) is 92.6 Å². The molecule has 2 N–H and O–H groups in total. The van der Waals surface area contributed by atoms with Crippen LogP contribution in [0.15, 0.2) is 66.9 Å². The number of aromatic carboxylic acids is 1. The SMILES string of the molecule is COCCOc1ccc(N2C(=S)N[C@@H](c3ccccn3)[C@H]2c2cc(C)n(-c3cc(C(=O)O)ccc3C)c2C)cc1Cl. The number of carboxylic acid groups (broad SMARTS) is 1. The van der Waals surface area contributed by atoms with Gasteiger partial charge in [-0.1, -0.05) is 23.7 Å². The van der Waals surface area contributed by atoms with Crippen LogP contribution in [0.3, 0.4) is 0 Å². The molecule has 2 atom stereocenters. The van der Waals surface area contributed by atoms with Gasteiger partial charge in [-0.3, -0.25) is 4.98 Å². The number of thiocarbonyl (C=S) groups is 1. The molecule has 1 saturated heterocycles. The number of benzene rings is 2. The molecule has 1 aliphatic heterocycles. The molecule has 0 unspecified atom stereocenters. The molecule has 0 aliphatic carbocycles. The molecule has 1 fully saturated rings. The first-order chi connectivity index (χ1) is 19.7. The topological polar surface area (TPSA) is 88.9 Å². The van der Waals surface area contributed by atoms with Crippen LogP contribution in [0.5, 0.6) is 5.75 Å². The van der Waals surface area contributed by atoms with Gasteiger partial charge >= 0.3 is 5.97 Å². The molecular formula is C31H31ClN4O4S. The molecule has 2 aromatic heterocycles. The van der Waals surface area contributed by atoms with Crippen molar-refractivity contribution in [2.75, 3.05) is 25.2 Å². The Bertz CT molecular complexity index is 1610. The first-order valence-electron chi connectivity index (χ1n) is 13.2. The fraction of sp³-hybridized carbons (Fsp3) is 0.258. The minimum Gasteiger partial charge on any atom is -0.490 e. The van der Waals surface area contributed by atoms with Gasteiger partial charge in [0.1, 0.15) is 12.4 Å². The van der Waals surface area contributed by atoms with Gasteiger partial charge in [0, 0.05) is 36.1 Å². The number of pyridine rings is 1. The van der Waals surface area contributed by atoms with Crippen molar-refractivity contribution in [2.45, 2.75) is 32.9 Å². The van der Waals surface area contributed by atoms with Gasteiger partial charge < -0.3 is 29.4 Å².